The third-order valence-corrected chi connectivity index (χ3v) is 23.6. The Morgan fingerprint density at radius 3 is 1.12 bits per heavy atom. The first kappa shape index (κ1) is 87.0. The average molecular weight is 1730 g/mol. The number of ether oxygens (including phenoxy) is 3. The zero-order chi connectivity index (χ0) is 89.3. The fraction of sp³-hybridized carbons (Fsp3) is 0.314. The SMILES string of the molecule is CC1CCCc2nc3cc(C#Cc4ccccn4)cnc3c(=O)n2C1.CC1CCCn2c(nc3cc(C#Cc4ccccn4)cnc3c2=O)C1.CCC1CCc2nc3cc(C#Cc4ccccn4)cnc3c(=O)n2CC1.COC1CCc2nc3cc(C#Cc4ccccn4)cnc3c(=O)n2CC1.O=c1c2ncc(C#Cc3ccccn3)cc2nc2n1CC1(CCC2)OCCO1. The Kier molecular flexibility index (Phi) is 27.2. The smallest absolute Gasteiger partial charge is 0.280 e. The third-order valence-electron chi connectivity index (χ3n) is 23.6. The Labute approximate surface area is 748 Å². The third kappa shape index (κ3) is 20.9. The molecule has 6 aliphatic heterocycles. The number of aryl methyl sites for hydroxylation is 4. The molecule has 1 spiro atoms. The van der Waals surface area contributed by atoms with E-state index in [2.05, 4.69) is 135 Å². The van der Waals surface area contributed by atoms with Crippen molar-refractivity contribution in [1.82, 2.24) is 97.6 Å². The normalized spacial score (nSPS) is 16.8. The second kappa shape index (κ2) is 40.7. The van der Waals surface area contributed by atoms with E-state index in [0.717, 1.165) is 155 Å². The van der Waals surface area contributed by atoms with Crippen molar-refractivity contribution in [2.75, 3.05) is 20.3 Å². The zero-order valence-corrected chi connectivity index (χ0v) is 72.6. The number of methoxy groups -OCH3 is 1. The summed E-state index contributed by atoms with van der Waals surface area (Å²) in [6.07, 6.45) is 31.6. The number of nitrogens with zero attached hydrogens (tertiary/aromatic N) is 20. The molecule has 21 heterocycles. The van der Waals surface area contributed by atoms with Gasteiger partial charge in [-0.25, -0.2) is 74.8 Å². The van der Waals surface area contributed by atoms with Crippen LogP contribution in [0.1, 0.15) is 177 Å². The highest BCUT2D eigenvalue weighted by atomic mass is 16.7. The molecule has 28 heteroatoms. The van der Waals surface area contributed by atoms with Crippen LogP contribution in [-0.4, -0.2) is 130 Å². The molecule has 0 saturated carbocycles. The Balaban J connectivity index is 0.000000114. The van der Waals surface area contributed by atoms with Crippen LogP contribution in [0.4, 0.5) is 0 Å². The summed E-state index contributed by atoms with van der Waals surface area (Å²) < 4.78 is 25.9. The molecule has 130 heavy (non-hydrogen) atoms. The number of hydrogen-bond donors (Lipinski definition) is 0. The van der Waals surface area contributed by atoms with Gasteiger partial charge >= 0.3 is 0 Å². The molecular weight excluding hydrogens is 1630 g/mol. The van der Waals surface area contributed by atoms with E-state index >= 15 is 0 Å². The van der Waals surface area contributed by atoms with E-state index in [-0.39, 0.29) is 33.9 Å². The van der Waals surface area contributed by atoms with Crippen molar-refractivity contribution in [2.24, 2.45) is 17.8 Å². The number of pyridine rings is 10. The highest BCUT2D eigenvalue weighted by Crippen LogP contribution is 2.32. The van der Waals surface area contributed by atoms with E-state index < -0.39 is 5.79 Å². The van der Waals surface area contributed by atoms with Crippen LogP contribution in [0, 0.1) is 77.0 Å². The lowest BCUT2D eigenvalue weighted by Gasteiger charge is -2.26. The summed E-state index contributed by atoms with van der Waals surface area (Å²) in [4.78, 5) is 130. The average Bonchev–Trinajstić information content (AvgIpc) is 1.57. The van der Waals surface area contributed by atoms with Crippen LogP contribution in [0.5, 0.6) is 0 Å². The summed E-state index contributed by atoms with van der Waals surface area (Å²) in [5.74, 6) is 35.4. The lowest BCUT2D eigenvalue weighted by Crippen LogP contribution is -2.39. The summed E-state index contributed by atoms with van der Waals surface area (Å²) in [5.41, 5.74) is 11.7. The number of rotatable bonds is 2. The highest BCUT2D eigenvalue weighted by Gasteiger charge is 2.40. The van der Waals surface area contributed by atoms with Gasteiger partial charge in [0.15, 0.2) is 33.4 Å². The minimum atomic E-state index is -0.710. The van der Waals surface area contributed by atoms with Crippen molar-refractivity contribution in [1.29, 1.82) is 0 Å². The zero-order valence-electron chi connectivity index (χ0n) is 72.6. The lowest BCUT2D eigenvalue weighted by molar-refractivity contribution is -0.170. The fourth-order valence-corrected chi connectivity index (χ4v) is 16.6. The molecule has 4 unspecified atom stereocenters. The lowest BCUT2D eigenvalue weighted by atomic mass is 9.98. The van der Waals surface area contributed by atoms with Gasteiger partial charge in [-0.05, 0) is 196 Å². The molecular formula is C102H92N20O8. The highest BCUT2D eigenvalue weighted by molar-refractivity contribution is 5.78. The van der Waals surface area contributed by atoms with E-state index in [1.165, 1.54) is 0 Å². The summed E-state index contributed by atoms with van der Waals surface area (Å²) in [6.45, 7) is 10.9. The van der Waals surface area contributed by atoms with Crippen LogP contribution in [-0.2, 0) is 79.0 Å². The molecule has 15 aromatic rings. The van der Waals surface area contributed by atoms with Crippen molar-refractivity contribution in [3.8, 4) is 59.2 Å². The van der Waals surface area contributed by atoms with Crippen LogP contribution in [0.2, 0.25) is 0 Å². The van der Waals surface area contributed by atoms with Crippen molar-refractivity contribution < 1.29 is 14.2 Å². The molecule has 4 atom stereocenters. The largest absolute Gasteiger partial charge is 0.381 e. The molecule has 0 aliphatic carbocycles. The molecule has 0 aromatic carbocycles. The molecule has 1 fully saturated rings. The van der Waals surface area contributed by atoms with Crippen LogP contribution < -0.4 is 27.8 Å². The summed E-state index contributed by atoms with van der Waals surface area (Å²) in [5, 5.41) is 0. The van der Waals surface area contributed by atoms with Gasteiger partial charge < -0.3 is 14.2 Å². The maximum Gasteiger partial charge on any atom is 0.280 e. The Hall–Kier alpha value is -15.1. The Morgan fingerprint density at radius 2 is 0.723 bits per heavy atom. The Bertz CT molecular complexity index is 7240. The van der Waals surface area contributed by atoms with Crippen molar-refractivity contribution in [3.63, 3.8) is 0 Å². The van der Waals surface area contributed by atoms with Gasteiger partial charge in [-0.1, -0.05) is 87.1 Å². The minimum Gasteiger partial charge on any atom is -0.381 e. The van der Waals surface area contributed by atoms with Gasteiger partial charge in [0.25, 0.3) is 27.8 Å². The second-order valence-corrected chi connectivity index (χ2v) is 32.8. The van der Waals surface area contributed by atoms with E-state index in [4.69, 9.17) is 34.1 Å². The fourth-order valence-electron chi connectivity index (χ4n) is 16.6. The van der Waals surface area contributed by atoms with Gasteiger partial charge in [0.1, 0.15) is 57.6 Å². The quantitative estimate of drug-likeness (QED) is 0.145. The maximum atomic E-state index is 13.1. The predicted molar refractivity (Wildman–Crippen MR) is 492 cm³/mol. The molecule has 21 rings (SSSR count). The molecule has 0 bridgehead atoms. The van der Waals surface area contributed by atoms with Gasteiger partial charge in [-0.15, -0.1) is 0 Å². The number of aromatic nitrogens is 20. The van der Waals surface area contributed by atoms with Crippen LogP contribution in [0.3, 0.4) is 0 Å². The second-order valence-electron chi connectivity index (χ2n) is 32.8. The Morgan fingerprint density at radius 1 is 0.369 bits per heavy atom. The molecule has 28 nitrogen and oxygen atoms in total. The van der Waals surface area contributed by atoms with Crippen molar-refractivity contribution in [2.45, 2.75) is 168 Å². The van der Waals surface area contributed by atoms with Gasteiger partial charge in [0, 0.05) is 162 Å². The molecule has 15 aromatic heterocycles. The molecule has 0 radical (unpaired) electrons. The van der Waals surface area contributed by atoms with E-state index in [9.17, 15) is 24.0 Å². The molecule has 6 aliphatic rings. The van der Waals surface area contributed by atoms with Gasteiger partial charge in [0.05, 0.1) is 53.4 Å². The molecule has 0 N–H and O–H groups in total. The standard InChI is InChI=1S/C21H18N4O3.C21H20N4O.C20H18N4O2.2C20H18N4O/c26-20-19-17(12-15(13-23-19)6-7-16-4-1-2-9-22-16)24-18-5-3-8-21(14-25(18)20)27-10-11-28-21;1-2-15-7-9-19-24-18-13-16(6-8-17-5-3-4-11-22-17)14-23-20(18)21(26)25(19)12-10-15;1-26-16-7-8-18-23-17-12-14(5-6-15-4-2-3-10-21-15)13-22-19(17)20(25)24(18)11-9-16;1-14-5-4-10-24-18(11-14)23-17-12-15(13-22-19(17)20(24)25)7-8-16-6-2-3-9-21-16;1-14-5-4-7-18-23-17-11-15(8-9-16-6-2-3-10-21-16)12-22-19(17)20(25)24(18)13-14/h1-2,4,9,12-13H,3,5,8,10-11,14H2;3-5,11,13-15H,2,7,9-10,12H2,1H3;2-4,10,12-13,16H,7-9,11H2,1H3;2-3,6,9,12-14H,4-5,10-11H2,1H3;2-3,6,10-12,14H,4-5,7,13H2,1H3. The maximum absolute atomic E-state index is 13.1. The van der Waals surface area contributed by atoms with Crippen molar-refractivity contribution >= 4 is 55.2 Å². The summed E-state index contributed by atoms with van der Waals surface area (Å²) in [7, 11) is 1.71. The van der Waals surface area contributed by atoms with Gasteiger partial charge in [0.2, 0.25) is 0 Å². The van der Waals surface area contributed by atoms with E-state index in [0.29, 0.717) is 152 Å². The first-order chi connectivity index (χ1) is 63.6. The van der Waals surface area contributed by atoms with Crippen molar-refractivity contribution in [3.05, 3.63) is 320 Å². The minimum absolute atomic E-state index is 0.0361. The predicted octanol–water partition coefficient (Wildman–Crippen LogP) is 11.7. The molecule has 0 amide bonds. The monoisotopic (exact) mass is 1720 g/mol. The molecule has 648 valence electrons. The van der Waals surface area contributed by atoms with Gasteiger partial charge in [-0.2, -0.15) is 0 Å². The van der Waals surface area contributed by atoms with Crippen LogP contribution in [0.25, 0.3) is 55.2 Å². The van der Waals surface area contributed by atoms with Crippen LogP contribution in [0.15, 0.2) is 207 Å². The summed E-state index contributed by atoms with van der Waals surface area (Å²) >= 11 is 0. The first-order valence-electron chi connectivity index (χ1n) is 44.1. The number of fused-ring (bicyclic) bond motifs is 10. The molecule has 1 saturated heterocycles. The van der Waals surface area contributed by atoms with Gasteiger partial charge in [-0.3, -0.25) is 46.8 Å². The topological polar surface area (TPSA) is 331 Å². The van der Waals surface area contributed by atoms with Crippen LogP contribution >= 0.6 is 0 Å². The number of hydrogen-bond acceptors (Lipinski definition) is 23. The summed E-state index contributed by atoms with van der Waals surface area (Å²) in [6, 6.07) is 37.1. The van der Waals surface area contributed by atoms with E-state index in [1.807, 2.05) is 126 Å². The van der Waals surface area contributed by atoms with E-state index in [1.54, 1.807) is 87.3 Å². The first-order valence-corrected chi connectivity index (χ1v) is 44.1.